The summed E-state index contributed by atoms with van der Waals surface area (Å²) in [5.41, 5.74) is 0. The summed E-state index contributed by atoms with van der Waals surface area (Å²) in [6, 6.07) is 0. The number of ether oxygens (including phenoxy) is 2. The molecule has 0 bridgehead atoms. The molecule has 53 heavy (non-hydrogen) atoms. The van der Waals surface area contributed by atoms with Gasteiger partial charge in [0.25, 0.3) is 0 Å². The van der Waals surface area contributed by atoms with Gasteiger partial charge in [-0.3, -0.25) is 18.6 Å². The van der Waals surface area contributed by atoms with Crippen LogP contribution in [-0.4, -0.2) is 65.7 Å². The molecule has 0 saturated heterocycles. The Morgan fingerprint density at radius 3 is 1.36 bits per heavy atom. The lowest BCUT2D eigenvalue weighted by Gasteiger charge is -2.20. The molecular formula is C42H79O10P. The summed E-state index contributed by atoms with van der Waals surface area (Å²) in [7, 11) is -4.62. The van der Waals surface area contributed by atoms with Crippen molar-refractivity contribution >= 4 is 19.8 Å². The normalized spacial score (nSPS) is 14.1. The predicted octanol–water partition coefficient (Wildman–Crippen LogP) is 11.0. The van der Waals surface area contributed by atoms with Crippen molar-refractivity contribution in [3.05, 3.63) is 24.3 Å². The van der Waals surface area contributed by atoms with Gasteiger partial charge in [0.05, 0.1) is 19.8 Å². The number of aliphatic hydroxyl groups is 2. The second-order valence-corrected chi connectivity index (χ2v) is 15.8. The first kappa shape index (κ1) is 51.5. The molecule has 0 radical (unpaired) electrons. The molecule has 3 N–H and O–H groups in total. The number of hydrogen-bond donors (Lipinski definition) is 3. The van der Waals surface area contributed by atoms with E-state index >= 15 is 0 Å². The highest BCUT2D eigenvalue weighted by atomic mass is 31.2. The molecule has 0 aliphatic carbocycles. The van der Waals surface area contributed by atoms with Gasteiger partial charge in [-0.1, -0.05) is 141 Å². The summed E-state index contributed by atoms with van der Waals surface area (Å²) in [5.74, 6) is -0.940. The van der Waals surface area contributed by atoms with E-state index < -0.39 is 51.8 Å². The van der Waals surface area contributed by atoms with E-state index in [0.717, 1.165) is 70.6 Å². The van der Waals surface area contributed by atoms with E-state index in [1.807, 2.05) is 0 Å². The number of phosphoric ester groups is 1. The minimum atomic E-state index is -4.62. The van der Waals surface area contributed by atoms with Gasteiger partial charge in [-0.2, -0.15) is 0 Å². The molecule has 11 heteroatoms. The Morgan fingerprint density at radius 1 is 0.547 bits per heavy atom. The van der Waals surface area contributed by atoms with Crippen LogP contribution >= 0.6 is 7.82 Å². The van der Waals surface area contributed by atoms with Gasteiger partial charge in [0.1, 0.15) is 12.7 Å². The van der Waals surface area contributed by atoms with Crippen LogP contribution in [-0.2, 0) is 32.7 Å². The summed E-state index contributed by atoms with van der Waals surface area (Å²) < 4.78 is 32.7. The van der Waals surface area contributed by atoms with E-state index in [0.29, 0.717) is 12.8 Å². The molecule has 0 rings (SSSR count). The van der Waals surface area contributed by atoms with Gasteiger partial charge in [0, 0.05) is 12.8 Å². The molecule has 312 valence electrons. The maximum absolute atomic E-state index is 12.6. The Kier molecular flexibility index (Phi) is 37.6. The Balaban J connectivity index is 4.33. The van der Waals surface area contributed by atoms with Crippen molar-refractivity contribution in [2.45, 2.75) is 206 Å². The Labute approximate surface area is 323 Å². The molecule has 0 saturated carbocycles. The zero-order valence-electron chi connectivity index (χ0n) is 33.7. The number of carbonyl (C=O) groups is 2. The lowest BCUT2D eigenvalue weighted by atomic mass is 10.1. The predicted molar refractivity (Wildman–Crippen MR) is 215 cm³/mol. The van der Waals surface area contributed by atoms with Crippen LogP contribution in [0, 0.1) is 0 Å². The topological polar surface area (TPSA) is 149 Å². The zero-order valence-corrected chi connectivity index (χ0v) is 34.6. The monoisotopic (exact) mass is 775 g/mol. The van der Waals surface area contributed by atoms with Gasteiger partial charge in [0.15, 0.2) is 6.10 Å². The number of rotatable bonds is 40. The lowest BCUT2D eigenvalue weighted by Crippen LogP contribution is -2.29. The van der Waals surface area contributed by atoms with Crippen LogP contribution in [0.1, 0.15) is 194 Å². The minimum Gasteiger partial charge on any atom is -0.462 e. The third-order valence-electron chi connectivity index (χ3n) is 9.08. The number of phosphoric acid groups is 1. The van der Waals surface area contributed by atoms with E-state index in [9.17, 15) is 24.2 Å². The van der Waals surface area contributed by atoms with Gasteiger partial charge < -0.3 is 24.6 Å². The molecule has 0 spiro atoms. The van der Waals surface area contributed by atoms with E-state index in [1.54, 1.807) is 0 Å². The second-order valence-electron chi connectivity index (χ2n) is 14.4. The number of allylic oxidation sites excluding steroid dienone is 4. The number of unbranched alkanes of at least 4 members (excludes halogenated alkanes) is 22. The fourth-order valence-corrected chi connectivity index (χ4v) is 6.54. The Morgan fingerprint density at radius 2 is 0.925 bits per heavy atom. The van der Waals surface area contributed by atoms with E-state index in [4.69, 9.17) is 19.1 Å². The number of hydrogen-bond acceptors (Lipinski definition) is 9. The third-order valence-corrected chi connectivity index (χ3v) is 10.0. The summed E-state index contributed by atoms with van der Waals surface area (Å²) in [4.78, 5) is 34.9. The minimum absolute atomic E-state index is 0.174. The largest absolute Gasteiger partial charge is 0.472 e. The van der Waals surface area contributed by atoms with Crippen LogP contribution in [0.4, 0.5) is 0 Å². The molecule has 0 fully saturated rings. The van der Waals surface area contributed by atoms with E-state index in [-0.39, 0.29) is 19.4 Å². The lowest BCUT2D eigenvalue weighted by molar-refractivity contribution is -0.161. The summed E-state index contributed by atoms with van der Waals surface area (Å²) in [6.45, 7) is 2.36. The zero-order chi connectivity index (χ0) is 39.1. The SMILES string of the molecule is CCCCCCCC/C=C\CCCCCCCC(=O)OC[C@H](COP(=O)(O)OC[C@H](O)CO)OC(=O)CCCCCCC/C=C\CCCCCCCC. The van der Waals surface area contributed by atoms with Crippen molar-refractivity contribution < 1.29 is 47.8 Å². The van der Waals surface area contributed by atoms with Crippen LogP contribution in [0.5, 0.6) is 0 Å². The van der Waals surface area contributed by atoms with Crippen LogP contribution in [0.25, 0.3) is 0 Å². The van der Waals surface area contributed by atoms with E-state index in [1.165, 1.54) is 83.5 Å². The van der Waals surface area contributed by atoms with Crippen LogP contribution in [0.2, 0.25) is 0 Å². The molecule has 0 aliphatic heterocycles. The highest BCUT2D eigenvalue weighted by molar-refractivity contribution is 7.47. The van der Waals surface area contributed by atoms with Gasteiger partial charge in [0.2, 0.25) is 0 Å². The number of esters is 2. The van der Waals surface area contributed by atoms with Crippen LogP contribution in [0.15, 0.2) is 24.3 Å². The molecule has 0 aromatic rings. The second kappa shape index (κ2) is 38.7. The average molecular weight is 775 g/mol. The molecule has 0 aromatic carbocycles. The van der Waals surface area contributed by atoms with Gasteiger partial charge in [-0.05, 0) is 64.2 Å². The fourth-order valence-electron chi connectivity index (χ4n) is 5.75. The first-order valence-electron chi connectivity index (χ1n) is 21.3. The molecule has 0 aliphatic rings. The maximum Gasteiger partial charge on any atom is 0.472 e. The maximum atomic E-state index is 12.6. The van der Waals surface area contributed by atoms with Crippen LogP contribution < -0.4 is 0 Å². The van der Waals surface area contributed by atoms with Gasteiger partial charge >= 0.3 is 19.8 Å². The molecule has 0 aromatic heterocycles. The van der Waals surface area contributed by atoms with Crippen molar-refractivity contribution in [3.8, 4) is 0 Å². The molecule has 10 nitrogen and oxygen atoms in total. The quantitative estimate of drug-likeness (QED) is 0.0238. The van der Waals surface area contributed by atoms with Crippen molar-refractivity contribution in [2.75, 3.05) is 26.4 Å². The third kappa shape index (κ3) is 38.5. The molecule has 1 unspecified atom stereocenters. The van der Waals surface area contributed by atoms with Crippen LogP contribution in [0.3, 0.4) is 0 Å². The van der Waals surface area contributed by atoms with Gasteiger partial charge in [-0.15, -0.1) is 0 Å². The fraction of sp³-hybridized carbons (Fsp3) is 0.857. The van der Waals surface area contributed by atoms with Crippen molar-refractivity contribution in [3.63, 3.8) is 0 Å². The van der Waals surface area contributed by atoms with Crippen molar-refractivity contribution in [2.24, 2.45) is 0 Å². The molecular weight excluding hydrogens is 695 g/mol. The average Bonchev–Trinajstić information content (AvgIpc) is 3.14. The number of carbonyl (C=O) groups excluding carboxylic acids is 2. The highest BCUT2D eigenvalue weighted by Crippen LogP contribution is 2.43. The van der Waals surface area contributed by atoms with Crippen molar-refractivity contribution in [1.82, 2.24) is 0 Å². The summed E-state index contributed by atoms with van der Waals surface area (Å²) in [6.07, 6.45) is 37.1. The highest BCUT2D eigenvalue weighted by Gasteiger charge is 2.27. The molecule has 0 heterocycles. The smallest absolute Gasteiger partial charge is 0.462 e. The Hall–Kier alpha value is -1.55. The van der Waals surface area contributed by atoms with Crippen molar-refractivity contribution in [1.29, 1.82) is 0 Å². The first-order valence-corrected chi connectivity index (χ1v) is 22.8. The molecule has 0 amide bonds. The molecule has 3 atom stereocenters. The first-order chi connectivity index (χ1) is 25.7. The summed E-state index contributed by atoms with van der Waals surface area (Å²) in [5, 5.41) is 18.3. The summed E-state index contributed by atoms with van der Waals surface area (Å²) >= 11 is 0. The van der Waals surface area contributed by atoms with Gasteiger partial charge in [-0.25, -0.2) is 4.57 Å². The van der Waals surface area contributed by atoms with E-state index in [2.05, 4.69) is 42.7 Å². The number of aliphatic hydroxyl groups excluding tert-OH is 2. The Bertz CT molecular complexity index is 941. The standard InChI is InChI=1S/C42H79O10P/c1-3-5-7-9-11-13-15-17-19-21-23-25-27-29-31-33-41(45)49-37-40(38-51-53(47,48)50-36-39(44)35-43)52-42(46)34-32-30-28-26-24-22-20-18-16-14-12-10-8-6-4-2/h17-20,39-40,43-44H,3-16,21-38H2,1-2H3,(H,47,48)/b19-17-,20-18-/t39-,40-/m1/s1.